The van der Waals surface area contributed by atoms with E-state index in [1.807, 2.05) is 0 Å². The van der Waals surface area contributed by atoms with Gasteiger partial charge in [0, 0.05) is 6.42 Å². The number of carbonyl (C=O) groups excluding carboxylic acids is 2. The first-order valence-corrected chi connectivity index (χ1v) is 10.4. The summed E-state index contributed by atoms with van der Waals surface area (Å²) in [5, 5.41) is -0.190. The number of halogens is 3. The highest BCUT2D eigenvalue weighted by atomic mass is 31.2. The van der Waals surface area contributed by atoms with Crippen LogP contribution in [0, 0.1) is 6.92 Å². The normalized spacial score (nSPS) is 16.2. The molecule has 160 valence electrons. The minimum absolute atomic E-state index is 0.00876. The van der Waals surface area contributed by atoms with Gasteiger partial charge in [-0.15, -0.1) is 0 Å². The van der Waals surface area contributed by atoms with E-state index < -0.39 is 42.5 Å². The van der Waals surface area contributed by atoms with Crippen LogP contribution in [0.1, 0.15) is 38.5 Å². The number of nitrogens with zero attached hydrogens (tertiary/aromatic N) is 1. The van der Waals surface area contributed by atoms with Gasteiger partial charge in [-0.2, -0.15) is 27.1 Å². The number of alkyl halides is 3. The Bertz CT molecular complexity index is 989. The van der Waals surface area contributed by atoms with Gasteiger partial charge in [0.25, 0.3) is 0 Å². The number of aldehydes is 1. The molecular weight excluding hydrogens is 426 g/mol. The van der Waals surface area contributed by atoms with Crippen molar-refractivity contribution in [3.63, 3.8) is 0 Å². The fourth-order valence-corrected chi connectivity index (χ4v) is 5.33. The van der Waals surface area contributed by atoms with E-state index in [1.54, 1.807) is 0 Å². The van der Waals surface area contributed by atoms with Gasteiger partial charge in [-0.05, 0) is 18.6 Å². The molecule has 1 aromatic heterocycles. The van der Waals surface area contributed by atoms with Crippen LogP contribution < -0.4 is 5.30 Å². The molecule has 1 fully saturated rings. The average molecular weight is 444 g/mol. The summed E-state index contributed by atoms with van der Waals surface area (Å²) in [6.45, 7) is 1.60. The maximum atomic E-state index is 13.8. The highest BCUT2D eigenvalue weighted by molar-refractivity contribution is 7.69. The van der Waals surface area contributed by atoms with E-state index in [0.29, 0.717) is 6.42 Å². The van der Waals surface area contributed by atoms with Gasteiger partial charge in [0.15, 0.2) is 6.29 Å². The molecule has 1 aromatic carbocycles. The molecule has 1 aliphatic rings. The Hall–Kier alpha value is -2.39. The van der Waals surface area contributed by atoms with Gasteiger partial charge in [-0.3, -0.25) is 4.79 Å². The van der Waals surface area contributed by atoms with Crippen LogP contribution in [0.4, 0.5) is 13.2 Å². The zero-order chi connectivity index (χ0) is 22.1. The second-order valence-electron chi connectivity index (χ2n) is 6.37. The Morgan fingerprint density at radius 1 is 1.27 bits per heavy atom. The standard InChI is InChI=1S/C19H18F3NO6P/c1-11-17(30(26)28-8-5-9-29-30)15(16(18(25)27-2)14(10-24)23-11)12-6-3-4-7-13(12)19(20,21)22/h3-4,6-7,10,26H,5,8-9H2,1-2H3/q+1. The monoisotopic (exact) mass is 444 g/mol. The van der Waals surface area contributed by atoms with Crippen molar-refractivity contribution in [1.82, 2.24) is 4.98 Å². The summed E-state index contributed by atoms with van der Waals surface area (Å²) >= 11 is 0. The molecule has 0 amide bonds. The molecule has 1 N–H and O–H groups in total. The maximum absolute atomic E-state index is 13.8. The molecule has 2 aromatic rings. The number of ether oxygens (including phenoxy) is 1. The van der Waals surface area contributed by atoms with Crippen LogP contribution in [0.5, 0.6) is 0 Å². The third kappa shape index (κ3) is 3.96. The number of pyridine rings is 1. The molecule has 0 saturated carbocycles. The van der Waals surface area contributed by atoms with Crippen LogP contribution in [-0.2, 0) is 20.0 Å². The Morgan fingerprint density at radius 2 is 1.90 bits per heavy atom. The first kappa shape index (κ1) is 22.3. The van der Waals surface area contributed by atoms with Crippen LogP contribution in [0.3, 0.4) is 0 Å². The van der Waals surface area contributed by atoms with E-state index >= 15 is 0 Å². The van der Waals surface area contributed by atoms with E-state index in [1.165, 1.54) is 19.1 Å². The quantitative estimate of drug-likeness (QED) is 0.438. The number of methoxy groups -OCH3 is 1. The fraction of sp³-hybridized carbons (Fsp3) is 0.316. The lowest BCUT2D eigenvalue weighted by atomic mass is 9.93. The number of hydrogen-bond acceptors (Lipinski definition) is 7. The van der Waals surface area contributed by atoms with Crippen LogP contribution in [0.15, 0.2) is 24.3 Å². The molecule has 11 heteroatoms. The lowest BCUT2D eigenvalue weighted by Crippen LogP contribution is -2.30. The molecule has 7 nitrogen and oxygen atoms in total. The van der Waals surface area contributed by atoms with Crippen LogP contribution in [-0.4, -0.2) is 42.5 Å². The molecule has 0 aliphatic carbocycles. The third-order valence-electron chi connectivity index (χ3n) is 4.48. The van der Waals surface area contributed by atoms with E-state index in [4.69, 9.17) is 13.8 Å². The number of hydrogen-bond donors (Lipinski definition) is 1. The van der Waals surface area contributed by atoms with Crippen molar-refractivity contribution >= 4 is 25.5 Å². The van der Waals surface area contributed by atoms with Crippen LogP contribution in [0.2, 0.25) is 0 Å². The minimum atomic E-state index is -4.78. The molecule has 30 heavy (non-hydrogen) atoms. The summed E-state index contributed by atoms with van der Waals surface area (Å²) < 4.78 is 57.0. The molecule has 0 spiro atoms. The Labute approximate surface area is 170 Å². The maximum Gasteiger partial charge on any atom is 0.448 e. The highest BCUT2D eigenvalue weighted by Gasteiger charge is 2.52. The van der Waals surface area contributed by atoms with E-state index in [9.17, 15) is 27.7 Å². The Morgan fingerprint density at radius 3 is 2.47 bits per heavy atom. The van der Waals surface area contributed by atoms with Crippen LogP contribution in [0.25, 0.3) is 11.1 Å². The summed E-state index contributed by atoms with van der Waals surface area (Å²) in [6.07, 6.45) is -4.07. The number of aryl methyl sites for hydroxylation is 1. The SMILES string of the molecule is COC(=O)c1c(C=O)nc(C)c([P+]2(O)OCCCO2)c1-c1ccccc1C(F)(F)F. The number of rotatable bonds is 4. The van der Waals surface area contributed by atoms with Crippen molar-refractivity contribution in [3.8, 4) is 11.1 Å². The topological polar surface area (TPSA) is 95.0 Å². The van der Waals surface area contributed by atoms with E-state index in [2.05, 4.69) is 4.98 Å². The molecule has 0 radical (unpaired) electrons. The van der Waals surface area contributed by atoms with Gasteiger partial charge in [0.05, 0.1) is 23.9 Å². The van der Waals surface area contributed by atoms with Gasteiger partial charge in [0.1, 0.15) is 24.5 Å². The number of carbonyl (C=O) groups is 2. The predicted octanol–water partition coefficient (Wildman–Crippen LogP) is 3.49. The molecule has 1 saturated heterocycles. The largest absolute Gasteiger partial charge is 0.465 e. The Kier molecular flexibility index (Phi) is 6.24. The molecule has 3 rings (SSSR count). The second-order valence-corrected chi connectivity index (χ2v) is 8.38. The molecule has 2 heterocycles. The lowest BCUT2D eigenvalue weighted by Gasteiger charge is -2.25. The van der Waals surface area contributed by atoms with Crippen molar-refractivity contribution in [1.29, 1.82) is 0 Å². The van der Waals surface area contributed by atoms with E-state index in [0.717, 1.165) is 19.2 Å². The molecule has 1 aliphatic heterocycles. The zero-order valence-electron chi connectivity index (χ0n) is 16.0. The number of benzene rings is 1. The van der Waals surface area contributed by atoms with Crippen molar-refractivity contribution in [2.75, 3.05) is 20.3 Å². The van der Waals surface area contributed by atoms with Gasteiger partial charge in [0.2, 0.25) is 5.30 Å². The zero-order valence-corrected chi connectivity index (χ0v) is 16.9. The fourth-order valence-electron chi connectivity index (χ4n) is 3.27. The summed E-state index contributed by atoms with van der Waals surface area (Å²) in [4.78, 5) is 39.3. The predicted molar refractivity (Wildman–Crippen MR) is 101 cm³/mol. The summed E-state index contributed by atoms with van der Waals surface area (Å²) in [6, 6.07) is 4.51. The first-order chi connectivity index (χ1) is 14.1. The van der Waals surface area contributed by atoms with Gasteiger partial charge in [-0.25, -0.2) is 9.78 Å². The van der Waals surface area contributed by atoms with Gasteiger partial charge in [-0.1, -0.05) is 18.2 Å². The number of aromatic nitrogens is 1. The van der Waals surface area contributed by atoms with Gasteiger partial charge >= 0.3 is 20.1 Å². The highest BCUT2D eigenvalue weighted by Crippen LogP contribution is 2.60. The van der Waals surface area contributed by atoms with E-state index in [-0.39, 0.29) is 36.1 Å². The molecule has 0 unspecified atom stereocenters. The molecular formula is C19H18F3NO6P+. The minimum Gasteiger partial charge on any atom is -0.465 e. The lowest BCUT2D eigenvalue weighted by molar-refractivity contribution is -0.137. The summed E-state index contributed by atoms with van der Waals surface area (Å²) in [7, 11) is -2.87. The van der Waals surface area contributed by atoms with Crippen molar-refractivity contribution < 1.29 is 41.4 Å². The number of esters is 1. The molecule has 0 bridgehead atoms. The van der Waals surface area contributed by atoms with Crippen molar-refractivity contribution in [2.24, 2.45) is 0 Å². The Balaban J connectivity index is 2.50. The summed E-state index contributed by atoms with van der Waals surface area (Å²) in [5.41, 5.74) is -2.76. The molecule has 0 atom stereocenters. The smallest absolute Gasteiger partial charge is 0.448 e. The van der Waals surface area contributed by atoms with Crippen molar-refractivity contribution in [3.05, 3.63) is 46.8 Å². The average Bonchev–Trinajstić information content (AvgIpc) is 2.72. The van der Waals surface area contributed by atoms with Gasteiger partial charge < -0.3 is 4.74 Å². The van der Waals surface area contributed by atoms with Crippen LogP contribution >= 0.6 is 7.94 Å². The summed E-state index contributed by atoms with van der Waals surface area (Å²) in [5.74, 6) is -1.08. The van der Waals surface area contributed by atoms with Crippen molar-refractivity contribution in [2.45, 2.75) is 19.5 Å². The third-order valence-corrected chi connectivity index (χ3v) is 6.66. The first-order valence-electron chi connectivity index (χ1n) is 8.80. The second kappa shape index (κ2) is 8.39.